The van der Waals surface area contributed by atoms with Crippen molar-refractivity contribution >= 4 is 29.1 Å². The lowest BCUT2D eigenvalue weighted by Gasteiger charge is -2.32. The van der Waals surface area contributed by atoms with E-state index in [1.54, 1.807) is 7.05 Å². The van der Waals surface area contributed by atoms with E-state index in [0.717, 1.165) is 31.5 Å². The molecule has 1 amide bonds. The Morgan fingerprint density at radius 1 is 1.42 bits per heavy atom. The number of likely N-dealkylation sites (tertiary alicyclic amines) is 1. The molecule has 1 atom stereocenters. The van der Waals surface area contributed by atoms with Crippen molar-refractivity contribution in [2.24, 2.45) is 5.92 Å². The van der Waals surface area contributed by atoms with Gasteiger partial charge < -0.3 is 5.32 Å². The van der Waals surface area contributed by atoms with Crippen LogP contribution in [0.1, 0.15) is 18.4 Å². The molecule has 1 N–H and O–H groups in total. The van der Waals surface area contributed by atoms with Gasteiger partial charge in [-0.15, -0.1) is 0 Å². The summed E-state index contributed by atoms with van der Waals surface area (Å²) >= 11 is 12.4. The van der Waals surface area contributed by atoms with E-state index in [9.17, 15) is 4.79 Å². The Kier molecular flexibility index (Phi) is 5.08. The Hall–Kier alpha value is -0.770. The van der Waals surface area contributed by atoms with Crippen LogP contribution in [0.25, 0.3) is 0 Å². The summed E-state index contributed by atoms with van der Waals surface area (Å²) in [5.41, 5.74) is 0.948. The Bertz CT molecular complexity index is 445. The maximum Gasteiger partial charge on any atom is 0.224 e. The van der Waals surface area contributed by atoms with E-state index in [4.69, 9.17) is 23.2 Å². The highest BCUT2D eigenvalue weighted by Gasteiger charge is 2.25. The molecule has 0 spiro atoms. The molecular formula is C14H18Cl2N2O. The minimum Gasteiger partial charge on any atom is -0.359 e. The SMILES string of the molecule is CNC(=O)[C@@H]1CCCN(Cc2c(Cl)cccc2Cl)C1. The van der Waals surface area contributed by atoms with Crippen molar-refractivity contribution < 1.29 is 4.79 Å². The van der Waals surface area contributed by atoms with Crippen LogP contribution in [0.5, 0.6) is 0 Å². The first-order valence-corrected chi connectivity index (χ1v) is 7.24. The van der Waals surface area contributed by atoms with Crippen LogP contribution >= 0.6 is 23.2 Å². The maximum absolute atomic E-state index is 11.7. The van der Waals surface area contributed by atoms with Crippen molar-refractivity contribution in [1.82, 2.24) is 10.2 Å². The number of carbonyl (C=O) groups is 1. The monoisotopic (exact) mass is 300 g/mol. The molecular weight excluding hydrogens is 283 g/mol. The number of benzene rings is 1. The van der Waals surface area contributed by atoms with Crippen LogP contribution in [-0.4, -0.2) is 30.9 Å². The number of halogens is 2. The fourth-order valence-electron chi connectivity index (χ4n) is 2.52. The lowest BCUT2D eigenvalue weighted by molar-refractivity contribution is -0.126. The molecule has 104 valence electrons. The molecule has 0 bridgehead atoms. The predicted octanol–water partition coefficient (Wildman–Crippen LogP) is 2.95. The zero-order valence-electron chi connectivity index (χ0n) is 11.0. The highest BCUT2D eigenvalue weighted by molar-refractivity contribution is 6.35. The van der Waals surface area contributed by atoms with Crippen LogP contribution in [0.2, 0.25) is 10.0 Å². The van der Waals surface area contributed by atoms with Crippen molar-refractivity contribution in [2.45, 2.75) is 19.4 Å². The standard InChI is InChI=1S/C14H18Cl2N2O/c1-17-14(19)10-4-3-7-18(8-10)9-11-12(15)5-2-6-13(11)16/h2,5-6,10H,3-4,7-9H2,1H3,(H,17,19)/t10-/m1/s1. The van der Waals surface area contributed by atoms with Gasteiger partial charge in [-0.1, -0.05) is 29.3 Å². The van der Waals surface area contributed by atoms with Gasteiger partial charge in [-0.3, -0.25) is 9.69 Å². The van der Waals surface area contributed by atoms with Crippen LogP contribution in [0.15, 0.2) is 18.2 Å². The summed E-state index contributed by atoms with van der Waals surface area (Å²) in [4.78, 5) is 14.0. The summed E-state index contributed by atoms with van der Waals surface area (Å²) in [6.45, 7) is 2.45. The minimum atomic E-state index is 0.0695. The van der Waals surface area contributed by atoms with Crippen LogP contribution in [0, 0.1) is 5.92 Å². The minimum absolute atomic E-state index is 0.0695. The van der Waals surface area contributed by atoms with Gasteiger partial charge in [0.25, 0.3) is 0 Å². The molecule has 0 saturated carbocycles. The van der Waals surface area contributed by atoms with E-state index >= 15 is 0 Å². The molecule has 2 rings (SSSR count). The molecule has 0 radical (unpaired) electrons. The number of rotatable bonds is 3. The molecule has 19 heavy (non-hydrogen) atoms. The molecule has 0 unspecified atom stereocenters. The number of nitrogens with one attached hydrogen (secondary N) is 1. The number of nitrogens with zero attached hydrogens (tertiary/aromatic N) is 1. The van der Waals surface area contributed by atoms with Gasteiger partial charge >= 0.3 is 0 Å². The van der Waals surface area contributed by atoms with Crippen molar-refractivity contribution in [2.75, 3.05) is 20.1 Å². The van der Waals surface area contributed by atoms with Gasteiger partial charge in [0.05, 0.1) is 5.92 Å². The summed E-state index contributed by atoms with van der Waals surface area (Å²) in [7, 11) is 1.69. The summed E-state index contributed by atoms with van der Waals surface area (Å²) in [6.07, 6.45) is 1.98. The first kappa shape index (κ1) is 14.6. The van der Waals surface area contributed by atoms with Gasteiger partial charge in [0.15, 0.2) is 0 Å². The quantitative estimate of drug-likeness (QED) is 0.931. The second kappa shape index (κ2) is 6.60. The molecule has 1 aliphatic rings. The largest absolute Gasteiger partial charge is 0.359 e. The first-order chi connectivity index (χ1) is 9.11. The molecule has 1 saturated heterocycles. The van der Waals surface area contributed by atoms with Crippen molar-refractivity contribution in [1.29, 1.82) is 0 Å². The predicted molar refractivity (Wildman–Crippen MR) is 78.5 cm³/mol. The third-order valence-electron chi connectivity index (χ3n) is 3.57. The van der Waals surface area contributed by atoms with E-state index in [-0.39, 0.29) is 11.8 Å². The highest BCUT2D eigenvalue weighted by atomic mass is 35.5. The molecule has 1 aromatic carbocycles. The molecule has 1 heterocycles. The van der Waals surface area contributed by atoms with E-state index in [0.29, 0.717) is 16.6 Å². The van der Waals surface area contributed by atoms with E-state index in [1.807, 2.05) is 18.2 Å². The molecule has 5 heteroatoms. The Morgan fingerprint density at radius 3 is 2.74 bits per heavy atom. The molecule has 1 fully saturated rings. The fourth-order valence-corrected chi connectivity index (χ4v) is 3.04. The smallest absolute Gasteiger partial charge is 0.224 e. The average Bonchev–Trinajstić information content (AvgIpc) is 2.42. The summed E-state index contributed by atoms with van der Waals surface area (Å²) in [5, 5.41) is 4.10. The fraction of sp³-hybridized carbons (Fsp3) is 0.500. The number of carbonyl (C=O) groups excluding carboxylic acids is 1. The second-order valence-electron chi connectivity index (χ2n) is 4.89. The molecule has 0 aromatic heterocycles. The molecule has 1 aliphatic heterocycles. The van der Waals surface area contributed by atoms with Gasteiger partial charge in [0, 0.05) is 35.7 Å². The molecule has 3 nitrogen and oxygen atoms in total. The van der Waals surface area contributed by atoms with Crippen molar-refractivity contribution in [3.63, 3.8) is 0 Å². The van der Waals surface area contributed by atoms with Gasteiger partial charge in [-0.2, -0.15) is 0 Å². The second-order valence-corrected chi connectivity index (χ2v) is 5.70. The van der Waals surface area contributed by atoms with Gasteiger partial charge in [-0.25, -0.2) is 0 Å². The van der Waals surface area contributed by atoms with Crippen molar-refractivity contribution in [3.05, 3.63) is 33.8 Å². The summed E-state index contributed by atoms with van der Waals surface area (Å²) in [6, 6.07) is 5.55. The number of piperidine rings is 1. The third-order valence-corrected chi connectivity index (χ3v) is 4.27. The third kappa shape index (κ3) is 3.62. The van der Waals surface area contributed by atoms with Crippen LogP contribution in [-0.2, 0) is 11.3 Å². The Balaban J connectivity index is 2.05. The number of hydrogen-bond donors (Lipinski definition) is 1. The zero-order valence-corrected chi connectivity index (χ0v) is 12.5. The van der Waals surface area contributed by atoms with Crippen molar-refractivity contribution in [3.8, 4) is 0 Å². The van der Waals surface area contributed by atoms with Gasteiger partial charge in [0.2, 0.25) is 5.91 Å². The lowest BCUT2D eigenvalue weighted by Crippen LogP contribution is -2.41. The number of amides is 1. The van der Waals surface area contributed by atoms with Gasteiger partial charge in [-0.05, 0) is 31.5 Å². The lowest BCUT2D eigenvalue weighted by atomic mass is 9.97. The van der Waals surface area contributed by atoms with Gasteiger partial charge in [0.1, 0.15) is 0 Å². The molecule has 0 aliphatic carbocycles. The van der Waals surface area contributed by atoms with E-state index in [2.05, 4.69) is 10.2 Å². The topological polar surface area (TPSA) is 32.3 Å². The normalized spacial score (nSPS) is 20.3. The average molecular weight is 301 g/mol. The Labute approximate surface area is 123 Å². The van der Waals surface area contributed by atoms with E-state index < -0.39 is 0 Å². The van der Waals surface area contributed by atoms with Crippen LogP contribution < -0.4 is 5.32 Å². The number of hydrogen-bond acceptors (Lipinski definition) is 2. The van der Waals surface area contributed by atoms with Crippen LogP contribution in [0.4, 0.5) is 0 Å². The summed E-state index contributed by atoms with van der Waals surface area (Å²) < 4.78 is 0. The maximum atomic E-state index is 11.7. The van der Waals surface area contributed by atoms with Crippen LogP contribution in [0.3, 0.4) is 0 Å². The zero-order chi connectivity index (χ0) is 13.8. The highest BCUT2D eigenvalue weighted by Crippen LogP contribution is 2.27. The first-order valence-electron chi connectivity index (χ1n) is 6.48. The molecule has 1 aromatic rings. The van der Waals surface area contributed by atoms with E-state index in [1.165, 1.54) is 0 Å². The Morgan fingerprint density at radius 2 is 2.11 bits per heavy atom. The summed E-state index contributed by atoms with van der Waals surface area (Å²) in [5.74, 6) is 0.190.